The van der Waals surface area contributed by atoms with Crippen LogP contribution in [0.25, 0.3) is 10.6 Å². The third-order valence-corrected chi connectivity index (χ3v) is 8.36. The molecule has 1 aromatic carbocycles. The topological polar surface area (TPSA) is 65.5 Å². The van der Waals surface area contributed by atoms with E-state index in [0.29, 0.717) is 19.0 Å². The smallest absolute Gasteiger partial charge is 0.265 e. The van der Waals surface area contributed by atoms with Crippen molar-refractivity contribution in [2.45, 2.75) is 46.5 Å². The van der Waals surface area contributed by atoms with Gasteiger partial charge in [0.2, 0.25) is 5.91 Å². The average Bonchev–Trinajstić information content (AvgIpc) is 3.48. The highest BCUT2D eigenvalue weighted by Crippen LogP contribution is 2.31. The van der Waals surface area contributed by atoms with Crippen LogP contribution in [0.4, 0.5) is 0 Å². The summed E-state index contributed by atoms with van der Waals surface area (Å²) in [5, 5.41) is 4.02. The van der Waals surface area contributed by atoms with E-state index in [0.717, 1.165) is 60.2 Å². The molecule has 2 aromatic rings. The van der Waals surface area contributed by atoms with Gasteiger partial charge in [0.25, 0.3) is 5.91 Å². The Hall–Kier alpha value is -2.25. The molecule has 2 fully saturated rings. The molecule has 33 heavy (non-hydrogen) atoms. The van der Waals surface area contributed by atoms with Gasteiger partial charge in [0, 0.05) is 37.7 Å². The maximum atomic E-state index is 13.2. The van der Waals surface area contributed by atoms with E-state index in [1.807, 2.05) is 18.7 Å². The highest BCUT2D eigenvalue weighted by molar-refractivity contribution is 7.17. The van der Waals surface area contributed by atoms with Crippen LogP contribution in [-0.2, 0) is 4.79 Å². The number of hydrogen-bond acceptors (Lipinski definition) is 5. The summed E-state index contributed by atoms with van der Waals surface area (Å²) in [5.41, 5.74) is 3.06. The van der Waals surface area contributed by atoms with Crippen LogP contribution in [0.2, 0.25) is 0 Å². The Morgan fingerprint density at radius 1 is 1.09 bits per heavy atom. The first-order valence-corrected chi connectivity index (χ1v) is 13.1. The van der Waals surface area contributed by atoms with E-state index in [9.17, 15) is 9.59 Å². The third kappa shape index (κ3) is 5.82. The zero-order valence-electron chi connectivity index (χ0n) is 20.1. The summed E-state index contributed by atoms with van der Waals surface area (Å²) < 4.78 is 0. The molecule has 2 aliphatic rings. The Bertz CT molecular complexity index is 957. The van der Waals surface area contributed by atoms with Gasteiger partial charge in [0.15, 0.2) is 0 Å². The minimum Gasteiger partial charge on any atom is -0.355 e. The molecular formula is C26H36N4O2S. The second kappa shape index (κ2) is 10.8. The van der Waals surface area contributed by atoms with Gasteiger partial charge in [-0.15, -0.1) is 11.3 Å². The molecule has 7 heteroatoms. The molecule has 0 aliphatic carbocycles. The minimum atomic E-state index is -0.0147. The van der Waals surface area contributed by atoms with Crippen LogP contribution >= 0.6 is 11.3 Å². The number of aromatic nitrogens is 1. The van der Waals surface area contributed by atoms with Crippen molar-refractivity contribution in [3.63, 3.8) is 0 Å². The number of benzene rings is 1. The summed E-state index contributed by atoms with van der Waals surface area (Å²) in [5.74, 6) is 0.537. The number of nitrogens with zero attached hydrogens (tertiary/aromatic N) is 3. The summed E-state index contributed by atoms with van der Waals surface area (Å²) >= 11 is 1.48. The van der Waals surface area contributed by atoms with Crippen molar-refractivity contribution < 1.29 is 9.59 Å². The molecule has 4 rings (SSSR count). The molecule has 0 bridgehead atoms. The lowest BCUT2D eigenvalue weighted by Crippen LogP contribution is -2.43. The monoisotopic (exact) mass is 468 g/mol. The maximum Gasteiger partial charge on any atom is 0.265 e. The third-order valence-electron chi connectivity index (χ3n) is 7.16. The van der Waals surface area contributed by atoms with Gasteiger partial charge < -0.3 is 15.1 Å². The molecule has 0 unspecified atom stereocenters. The van der Waals surface area contributed by atoms with Crippen LogP contribution in [0.5, 0.6) is 0 Å². The average molecular weight is 469 g/mol. The summed E-state index contributed by atoms with van der Waals surface area (Å²) in [4.78, 5) is 35.6. The first-order chi connectivity index (χ1) is 15.9. The molecule has 2 aliphatic heterocycles. The van der Waals surface area contributed by atoms with Crippen LogP contribution in [0.1, 0.15) is 53.5 Å². The number of carbonyl (C=O) groups is 2. The van der Waals surface area contributed by atoms with Gasteiger partial charge in [-0.3, -0.25) is 9.59 Å². The number of likely N-dealkylation sites (tertiary alicyclic amines) is 2. The van der Waals surface area contributed by atoms with Crippen molar-refractivity contribution in [1.82, 2.24) is 20.1 Å². The van der Waals surface area contributed by atoms with Gasteiger partial charge in [0.05, 0.1) is 5.69 Å². The molecule has 6 nitrogen and oxygen atoms in total. The molecule has 1 aromatic heterocycles. The lowest BCUT2D eigenvalue weighted by Gasteiger charge is -2.34. The van der Waals surface area contributed by atoms with E-state index >= 15 is 0 Å². The fourth-order valence-electron chi connectivity index (χ4n) is 4.88. The first-order valence-electron chi connectivity index (χ1n) is 12.3. The van der Waals surface area contributed by atoms with Crippen molar-refractivity contribution in [2.24, 2.45) is 11.8 Å². The number of nitrogens with one attached hydrogen (secondary N) is 1. The number of rotatable bonds is 7. The zero-order valence-corrected chi connectivity index (χ0v) is 20.9. The molecule has 0 radical (unpaired) electrons. The molecule has 1 atom stereocenters. The number of aryl methyl sites for hydroxylation is 2. The predicted molar refractivity (Wildman–Crippen MR) is 133 cm³/mol. The molecule has 0 spiro atoms. The maximum absolute atomic E-state index is 13.2. The molecule has 178 valence electrons. The van der Waals surface area contributed by atoms with Crippen LogP contribution in [0, 0.1) is 25.7 Å². The van der Waals surface area contributed by atoms with Crippen LogP contribution < -0.4 is 5.32 Å². The predicted octanol–water partition coefficient (Wildman–Crippen LogP) is 4.13. The van der Waals surface area contributed by atoms with Gasteiger partial charge >= 0.3 is 0 Å². The Labute approximate surface area is 201 Å². The fraction of sp³-hybridized carbons (Fsp3) is 0.577. The summed E-state index contributed by atoms with van der Waals surface area (Å²) in [7, 11) is 0. The van der Waals surface area contributed by atoms with Gasteiger partial charge in [-0.1, -0.05) is 36.8 Å². The van der Waals surface area contributed by atoms with Crippen LogP contribution in [-0.4, -0.2) is 65.9 Å². The standard InChI is InChI=1S/C26H36N4O2S/c1-18-6-8-22(9-7-18)25-28-20(3)23(33-25)26(32)30-15-10-21(11-16-30)19(2)24(31)27-12-17-29-13-4-5-14-29/h6-9,19,21H,4-5,10-17H2,1-3H3,(H,27,31)/t19-/m0/s1. The van der Waals surface area contributed by atoms with Gasteiger partial charge in [-0.05, 0) is 58.5 Å². The van der Waals surface area contributed by atoms with Crippen molar-refractivity contribution in [3.8, 4) is 10.6 Å². The molecule has 2 amide bonds. The van der Waals surface area contributed by atoms with E-state index in [1.165, 1.54) is 29.7 Å². The zero-order chi connectivity index (χ0) is 23.4. The number of hydrogen-bond donors (Lipinski definition) is 1. The van der Waals surface area contributed by atoms with E-state index in [1.54, 1.807) is 0 Å². The number of carbonyl (C=O) groups excluding carboxylic acids is 2. The lowest BCUT2D eigenvalue weighted by molar-refractivity contribution is -0.126. The van der Waals surface area contributed by atoms with Crippen molar-refractivity contribution in [2.75, 3.05) is 39.3 Å². The highest BCUT2D eigenvalue weighted by Gasteiger charge is 2.31. The Kier molecular flexibility index (Phi) is 7.81. The van der Waals surface area contributed by atoms with E-state index < -0.39 is 0 Å². The second-order valence-electron chi connectivity index (χ2n) is 9.56. The normalized spacial score (nSPS) is 18.5. The highest BCUT2D eigenvalue weighted by atomic mass is 32.1. The molecule has 0 saturated carbocycles. The molecule has 3 heterocycles. The second-order valence-corrected chi connectivity index (χ2v) is 10.6. The fourth-order valence-corrected chi connectivity index (χ4v) is 5.92. The molecular weight excluding hydrogens is 432 g/mol. The SMILES string of the molecule is Cc1ccc(-c2nc(C)c(C(=O)N3CCC([C@H](C)C(=O)NCCN4CCCC4)CC3)s2)cc1. The van der Waals surface area contributed by atoms with Gasteiger partial charge in [-0.25, -0.2) is 4.98 Å². The summed E-state index contributed by atoms with van der Waals surface area (Å²) in [6.07, 6.45) is 4.29. The van der Waals surface area contributed by atoms with Crippen LogP contribution in [0.3, 0.4) is 0 Å². The first kappa shape index (κ1) is 23.9. The van der Waals surface area contributed by atoms with E-state index in [2.05, 4.69) is 46.4 Å². The largest absolute Gasteiger partial charge is 0.355 e. The van der Waals surface area contributed by atoms with Crippen molar-refractivity contribution in [1.29, 1.82) is 0 Å². The quantitative estimate of drug-likeness (QED) is 0.664. The summed E-state index contributed by atoms with van der Waals surface area (Å²) in [6, 6.07) is 8.26. The number of amides is 2. The van der Waals surface area contributed by atoms with Gasteiger partial charge in [0.1, 0.15) is 9.88 Å². The molecule has 2 saturated heterocycles. The number of piperidine rings is 1. The van der Waals surface area contributed by atoms with Crippen molar-refractivity contribution >= 4 is 23.2 Å². The Balaban J connectivity index is 1.28. The van der Waals surface area contributed by atoms with E-state index in [4.69, 9.17) is 0 Å². The Morgan fingerprint density at radius 3 is 2.42 bits per heavy atom. The summed E-state index contributed by atoms with van der Waals surface area (Å²) in [6.45, 7) is 11.4. The number of thiazole rings is 1. The minimum absolute atomic E-state index is 0.0147. The lowest BCUT2D eigenvalue weighted by atomic mass is 9.85. The molecule has 1 N–H and O–H groups in total. The van der Waals surface area contributed by atoms with Gasteiger partial charge in [-0.2, -0.15) is 0 Å². The van der Waals surface area contributed by atoms with Crippen LogP contribution in [0.15, 0.2) is 24.3 Å². The Morgan fingerprint density at radius 2 is 1.76 bits per heavy atom. The van der Waals surface area contributed by atoms with E-state index in [-0.39, 0.29) is 17.7 Å². The van der Waals surface area contributed by atoms with Crippen molar-refractivity contribution in [3.05, 3.63) is 40.4 Å².